The van der Waals surface area contributed by atoms with Crippen LogP contribution in [0.4, 0.5) is 0 Å². The van der Waals surface area contributed by atoms with Crippen molar-refractivity contribution in [3.63, 3.8) is 0 Å². The van der Waals surface area contributed by atoms with Crippen molar-refractivity contribution in [3.05, 3.63) is 0 Å². The van der Waals surface area contributed by atoms with Crippen LogP contribution < -0.4 is 11.5 Å². The number of carbonyl (C=O) groups excluding carboxylic acids is 2. The molecule has 0 aromatic heterocycles. The molecule has 0 unspecified atom stereocenters. The molecule has 1 rings (SSSR count). The Bertz CT molecular complexity index is 248. The summed E-state index contributed by atoms with van der Waals surface area (Å²) in [6, 6.07) is 0. The lowest BCUT2D eigenvalue weighted by molar-refractivity contribution is -0.119. The summed E-state index contributed by atoms with van der Waals surface area (Å²) in [7, 11) is 0. The minimum Gasteiger partial charge on any atom is -0.378 e. The molecule has 1 saturated carbocycles. The molecule has 18 heavy (non-hydrogen) atoms. The van der Waals surface area contributed by atoms with Crippen molar-refractivity contribution >= 4 is 11.8 Å². The Hall–Kier alpha value is -1.10. The highest BCUT2D eigenvalue weighted by Gasteiger charge is 2.12. The molecule has 2 amide bonds. The third-order valence-electron chi connectivity index (χ3n) is 2.82. The Kier molecular flexibility index (Phi) is 10.3. The highest BCUT2D eigenvalue weighted by atomic mass is 16.5. The summed E-state index contributed by atoms with van der Waals surface area (Å²) in [6.45, 7) is 2.41. The lowest BCUT2D eigenvalue weighted by Crippen LogP contribution is -2.18. The highest BCUT2D eigenvalue weighted by molar-refractivity contribution is 5.73. The van der Waals surface area contributed by atoms with Gasteiger partial charge < -0.3 is 16.2 Å². The monoisotopic (exact) mass is 262 g/mol. The highest BCUT2D eigenvalue weighted by Crippen LogP contribution is 2.20. The van der Waals surface area contributed by atoms with Gasteiger partial charge in [-0.05, 0) is 19.3 Å². The molecule has 1 aliphatic rings. The van der Waals surface area contributed by atoms with E-state index in [0.29, 0.717) is 25.6 Å². The van der Waals surface area contributed by atoms with Gasteiger partial charge in [-0.3, -0.25) is 9.59 Å². The molecule has 0 aromatic carbocycles. The molecule has 5 nitrogen and oxygen atoms in total. The van der Waals surface area contributed by atoms with Gasteiger partial charge >= 0.3 is 0 Å². The molecular weight excluding hydrogens is 232 g/mol. The summed E-state index contributed by atoms with van der Waals surface area (Å²) < 4.78 is 5.63. The number of carbonyl (C=O) groups is 2. The number of ether oxygens (including phenoxy) is 1. The van der Waals surface area contributed by atoms with Gasteiger partial charge in [0.2, 0.25) is 11.8 Å². The number of primary amides is 2. The van der Waals surface area contributed by atoms with Crippen LogP contribution in [0.15, 0.2) is 0 Å². The number of nitrogens with two attached hydrogens (primary N) is 2. The zero-order valence-corrected chi connectivity index (χ0v) is 11.3. The Balaban J connectivity index is -0.000000361. The van der Waals surface area contributed by atoms with E-state index in [9.17, 15) is 9.59 Å². The predicted molar refractivity (Wildman–Crippen MR) is 75.0 cm³/mol. The van der Waals surface area contributed by atoms with Gasteiger partial charge in [0.1, 0.15) is 0 Å². The van der Waals surface area contributed by atoms with Crippen molar-refractivity contribution in [3.8, 4) is 0 Å². The van der Waals surface area contributed by atoms with Crippen molar-refractivity contribution in [2.45, 2.75) is 64.4 Å². The summed E-state index contributed by atoms with van der Waals surface area (Å²) >= 11 is 0. The van der Waals surface area contributed by atoms with Crippen LogP contribution >= 0.6 is 0 Å². The van der Waals surface area contributed by atoms with E-state index < -0.39 is 0 Å². The Morgan fingerprint density at radius 1 is 1.17 bits per heavy atom. The zero-order chi connectivity index (χ0) is 13.8. The fraction of sp³-hybridized carbons (Fsp3) is 0.846. The van der Waals surface area contributed by atoms with E-state index in [1.165, 1.54) is 32.1 Å². The molecule has 1 aliphatic carbocycles. The van der Waals surface area contributed by atoms with Crippen molar-refractivity contribution in [1.82, 2.24) is 0 Å². The van der Waals surface area contributed by atoms with Crippen LogP contribution in [-0.4, -0.2) is 24.5 Å². The third kappa shape index (κ3) is 11.4. The third-order valence-corrected chi connectivity index (χ3v) is 2.82. The van der Waals surface area contributed by atoms with Gasteiger partial charge in [0.25, 0.3) is 0 Å². The van der Waals surface area contributed by atoms with Crippen molar-refractivity contribution in [2.75, 3.05) is 6.61 Å². The number of hydrogen-bond acceptors (Lipinski definition) is 3. The van der Waals surface area contributed by atoms with Crippen LogP contribution in [0.1, 0.15) is 61.1 Å². The lowest BCUT2D eigenvalue weighted by Gasteiger charge is -2.21. The average Bonchev–Trinajstić information content (AvgIpc) is 2.36. The minimum atomic E-state index is -0.245. The van der Waals surface area contributed by atoms with Crippen LogP contribution in [0.5, 0.6) is 0 Å². The van der Waals surface area contributed by atoms with Gasteiger partial charge in [-0.2, -0.15) is 0 Å². The molecule has 110 valence electrons. The van der Waals surface area contributed by atoms with Crippen molar-refractivity contribution < 1.29 is 17.2 Å². The molecule has 0 heterocycles. The van der Waals surface area contributed by atoms with Gasteiger partial charge in [-0.25, -0.2) is 0 Å². The largest absolute Gasteiger partial charge is 0.378 e. The van der Waals surface area contributed by atoms with E-state index in [-0.39, 0.29) is 14.7 Å². The summed E-state index contributed by atoms with van der Waals surface area (Å²) in [6.07, 6.45) is 8.43. The molecule has 0 bridgehead atoms. The van der Waals surface area contributed by atoms with Crippen LogP contribution in [0, 0.1) is 0 Å². The zero-order valence-electron chi connectivity index (χ0n) is 11.3. The smallest absolute Gasteiger partial charge is 0.217 e. The molecule has 0 aromatic rings. The van der Waals surface area contributed by atoms with Gasteiger partial charge in [0.15, 0.2) is 0 Å². The van der Waals surface area contributed by atoms with Crippen molar-refractivity contribution in [2.24, 2.45) is 11.5 Å². The average molecular weight is 262 g/mol. The summed E-state index contributed by atoms with van der Waals surface area (Å²) in [5.41, 5.74) is 9.67. The van der Waals surface area contributed by atoms with Gasteiger partial charge in [-0.15, -0.1) is 0 Å². The second-order valence-electron chi connectivity index (χ2n) is 4.52. The van der Waals surface area contributed by atoms with Crippen LogP contribution in [0.3, 0.4) is 0 Å². The van der Waals surface area contributed by atoms with Crippen molar-refractivity contribution in [1.29, 1.82) is 0 Å². The lowest BCUT2D eigenvalue weighted by atomic mass is 9.98. The second-order valence-corrected chi connectivity index (χ2v) is 4.52. The molecule has 0 spiro atoms. The van der Waals surface area contributed by atoms with Gasteiger partial charge in [-0.1, -0.05) is 26.2 Å². The molecular formula is C13H30N2O3. The number of rotatable bonds is 6. The van der Waals surface area contributed by atoms with E-state index in [1.54, 1.807) is 6.92 Å². The summed E-state index contributed by atoms with van der Waals surface area (Å²) in [5, 5.41) is 0. The van der Waals surface area contributed by atoms with Crippen LogP contribution in [0.25, 0.3) is 0 Å². The quantitative estimate of drug-likeness (QED) is 0.716. The fourth-order valence-electron chi connectivity index (χ4n) is 1.73. The SMILES string of the molecule is CCC(N)=O.NC(=O)CCCOC1CCCCC1.[HH].[HH]. The van der Waals surface area contributed by atoms with E-state index >= 15 is 0 Å². The van der Waals surface area contributed by atoms with Gasteiger partial charge in [0, 0.05) is 22.3 Å². The molecule has 4 N–H and O–H groups in total. The molecule has 1 fully saturated rings. The first-order valence-electron chi connectivity index (χ1n) is 6.74. The van der Waals surface area contributed by atoms with Crippen LogP contribution in [-0.2, 0) is 14.3 Å². The van der Waals surface area contributed by atoms with E-state index in [4.69, 9.17) is 10.5 Å². The molecule has 0 aliphatic heterocycles. The first kappa shape index (κ1) is 16.9. The maximum Gasteiger partial charge on any atom is 0.217 e. The predicted octanol–water partition coefficient (Wildman–Crippen LogP) is 1.97. The Morgan fingerprint density at radius 2 is 1.72 bits per heavy atom. The van der Waals surface area contributed by atoms with E-state index in [1.807, 2.05) is 0 Å². The fourth-order valence-corrected chi connectivity index (χ4v) is 1.73. The normalized spacial score (nSPS) is 15.6. The standard InChI is InChI=1S/C10H19NO2.C3H7NO.2H2/c11-10(12)7-4-8-13-9-5-2-1-3-6-9;1-2-3(4)5;;/h9H,1-8H2,(H2,11,12);2H2,1H3,(H2,4,5);2*1H. The Labute approximate surface area is 112 Å². The molecule has 0 radical (unpaired) electrons. The molecule has 0 saturated heterocycles. The number of amides is 2. The van der Waals surface area contributed by atoms with E-state index in [0.717, 1.165) is 6.42 Å². The van der Waals surface area contributed by atoms with Gasteiger partial charge in [0.05, 0.1) is 6.10 Å². The van der Waals surface area contributed by atoms with E-state index in [2.05, 4.69) is 5.73 Å². The van der Waals surface area contributed by atoms with Crippen LogP contribution in [0.2, 0.25) is 0 Å². The second kappa shape index (κ2) is 11.0. The first-order chi connectivity index (χ1) is 8.56. The topological polar surface area (TPSA) is 95.4 Å². The molecule has 5 heteroatoms. The summed E-state index contributed by atoms with van der Waals surface area (Å²) in [5.74, 6) is -0.475. The maximum absolute atomic E-state index is 10.4. The summed E-state index contributed by atoms with van der Waals surface area (Å²) in [4.78, 5) is 20.0. The first-order valence-corrected chi connectivity index (χ1v) is 6.74. The minimum absolute atomic E-state index is 0. The maximum atomic E-state index is 10.4. The Morgan fingerprint density at radius 3 is 2.17 bits per heavy atom. The number of hydrogen-bond donors (Lipinski definition) is 2. The molecule has 0 atom stereocenters.